The number of carbonyl (C=O) groups is 5. The number of piperidine rings is 1. The van der Waals surface area contributed by atoms with Crippen LogP contribution < -0.4 is 10.6 Å². The fraction of sp³-hybridized carbons (Fsp3) is 0.645. The molecule has 0 spiro atoms. The number of ketones is 1. The number of Topliss-reactive ketones (excluding diaryl/α,β-unsaturated/α-hetero) is 1. The zero-order valence-corrected chi connectivity index (χ0v) is 28.8. The summed E-state index contributed by atoms with van der Waals surface area (Å²) in [6.07, 6.45) is -11.7. The molecule has 2 amide bonds. The Hall–Kier alpha value is -3.43. The number of likely N-dealkylation sites (tertiary alicyclic amines) is 2. The number of imide groups is 1. The summed E-state index contributed by atoms with van der Waals surface area (Å²) in [7, 11) is 2.00. The van der Waals surface area contributed by atoms with E-state index in [4.69, 9.17) is 19.8 Å². The van der Waals surface area contributed by atoms with E-state index >= 15 is 0 Å². The van der Waals surface area contributed by atoms with Crippen LogP contribution in [0.5, 0.6) is 0 Å². The van der Waals surface area contributed by atoms with Crippen LogP contribution in [0.4, 0.5) is 39.5 Å². The van der Waals surface area contributed by atoms with Gasteiger partial charge in [0.25, 0.3) is 0 Å². The highest BCUT2D eigenvalue weighted by molar-refractivity contribution is 7.99. The van der Waals surface area contributed by atoms with Crippen molar-refractivity contribution in [3.05, 3.63) is 35.9 Å². The second kappa shape index (κ2) is 21.9. The molecule has 0 bridgehead atoms. The number of carboxylic acids is 2. The maximum absolute atomic E-state index is 13.0. The Labute approximate surface area is 297 Å². The quantitative estimate of drug-likeness (QED) is 0.167. The Balaban J connectivity index is 0.000000812. The van der Waals surface area contributed by atoms with E-state index in [1.165, 1.54) is 5.56 Å². The molecule has 2 saturated heterocycles. The lowest BCUT2D eigenvalue weighted by atomic mass is 9.96. The molecule has 2 heterocycles. The van der Waals surface area contributed by atoms with Crippen molar-refractivity contribution in [3.63, 3.8) is 0 Å². The molecule has 0 aromatic heterocycles. The number of carboxylic acid groups (broad SMARTS) is 2. The molecule has 1 unspecified atom stereocenters. The molecule has 1 aromatic carbocycles. The van der Waals surface area contributed by atoms with Crippen molar-refractivity contribution in [2.45, 2.75) is 62.6 Å². The number of rotatable bonds is 13. The van der Waals surface area contributed by atoms with Crippen LogP contribution in [0, 0.1) is 5.92 Å². The van der Waals surface area contributed by atoms with E-state index in [9.17, 15) is 53.9 Å². The number of aliphatic carboxylic acids is 2. The maximum atomic E-state index is 13.0. The maximum Gasteiger partial charge on any atom is 0.490 e. The Bertz CT molecular complexity index is 1270. The predicted octanol–water partition coefficient (Wildman–Crippen LogP) is 4.33. The summed E-state index contributed by atoms with van der Waals surface area (Å²) < 4.78 is 101. The highest BCUT2D eigenvalue weighted by atomic mass is 32.2. The second-order valence-corrected chi connectivity index (χ2v) is 13.0. The molecule has 2 atom stereocenters. The summed E-state index contributed by atoms with van der Waals surface area (Å²) in [4.78, 5) is 59.1. The van der Waals surface area contributed by atoms with E-state index < -0.39 is 54.0 Å². The highest BCUT2D eigenvalue weighted by Crippen LogP contribution is 2.26. The molecule has 2 aliphatic heterocycles. The Morgan fingerprint density at radius 2 is 1.38 bits per heavy atom. The van der Waals surface area contributed by atoms with Gasteiger partial charge in [-0.3, -0.25) is 19.7 Å². The molecule has 1 aromatic rings. The van der Waals surface area contributed by atoms with E-state index in [0.29, 0.717) is 43.9 Å². The lowest BCUT2D eigenvalue weighted by Gasteiger charge is -2.28. The number of hydrogen-bond donors (Lipinski definition) is 4. The molecule has 0 saturated carbocycles. The fourth-order valence-corrected chi connectivity index (χ4v) is 5.84. The van der Waals surface area contributed by atoms with Crippen LogP contribution in [-0.2, 0) is 24.0 Å². The zero-order valence-electron chi connectivity index (χ0n) is 28.0. The largest absolute Gasteiger partial charge is 0.490 e. The van der Waals surface area contributed by atoms with Gasteiger partial charge in [0.1, 0.15) is 0 Å². The van der Waals surface area contributed by atoms with Crippen molar-refractivity contribution >= 4 is 41.3 Å². The van der Waals surface area contributed by atoms with E-state index in [-0.39, 0.29) is 11.8 Å². The zero-order chi connectivity index (χ0) is 39.7. The van der Waals surface area contributed by atoms with Gasteiger partial charge >= 0.3 is 30.5 Å². The summed E-state index contributed by atoms with van der Waals surface area (Å²) in [6.45, 7) is 4.84. The topological polar surface area (TPSA) is 156 Å². The Morgan fingerprint density at radius 1 is 0.846 bits per heavy atom. The predicted molar refractivity (Wildman–Crippen MR) is 170 cm³/mol. The van der Waals surface area contributed by atoms with Crippen LogP contribution in [0.15, 0.2) is 30.3 Å². The number of benzene rings is 1. The molecule has 296 valence electrons. The SMILES string of the molecule is CN1CCC(C(=O)NC(=O)[C@H](CCCSCC(=O)C(F)(F)F)NCCN2CCC(c3ccccc3)C2)CC1.O=C(O)C(F)(F)F.O=C(O)C(F)(F)F. The van der Waals surface area contributed by atoms with Crippen LogP contribution in [0.3, 0.4) is 0 Å². The summed E-state index contributed by atoms with van der Waals surface area (Å²) in [5, 5.41) is 20.1. The minimum absolute atomic E-state index is 0.195. The minimum Gasteiger partial charge on any atom is -0.475 e. The number of halogens is 9. The highest BCUT2D eigenvalue weighted by Gasteiger charge is 2.39. The van der Waals surface area contributed by atoms with Gasteiger partial charge in [0.05, 0.1) is 11.8 Å². The van der Waals surface area contributed by atoms with E-state index in [1.807, 2.05) is 25.2 Å². The van der Waals surface area contributed by atoms with Gasteiger partial charge in [-0.25, -0.2) is 9.59 Å². The van der Waals surface area contributed by atoms with Crippen molar-refractivity contribution in [2.24, 2.45) is 5.92 Å². The smallest absolute Gasteiger partial charge is 0.475 e. The van der Waals surface area contributed by atoms with Crippen molar-refractivity contribution in [3.8, 4) is 0 Å². The standard InChI is InChI=1S/C27H39F3N4O3S.2C2HF3O2/c1-33-13-9-21(10-14-33)25(36)32-26(37)23(8-5-17-38-19-24(35)27(28,29)30)31-12-16-34-15-11-22(18-34)20-6-3-2-4-7-20;2*3-2(4,5)1(6)7/h2-4,6-7,21-23,31H,5,8-19H2,1H3,(H,32,36,37);2*(H,6,7)/t22?,23-;;/m0../s1. The minimum atomic E-state index is -5.08. The molecule has 2 aliphatic rings. The second-order valence-electron chi connectivity index (χ2n) is 11.9. The van der Waals surface area contributed by atoms with Crippen molar-refractivity contribution in [1.82, 2.24) is 20.4 Å². The number of nitrogens with one attached hydrogen (secondary N) is 2. The Morgan fingerprint density at radius 3 is 1.88 bits per heavy atom. The summed E-state index contributed by atoms with van der Waals surface area (Å²) in [5.74, 6) is -7.93. The van der Waals surface area contributed by atoms with Gasteiger partial charge in [0.15, 0.2) is 0 Å². The number of carbonyl (C=O) groups excluding carboxylic acids is 3. The summed E-state index contributed by atoms with van der Waals surface area (Å²) in [5.41, 5.74) is 1.33. The molecule has 2 fully saturated rings. The number of thioether (sulfide) groups is 1. The van der Waals surface area contributed by atoms with Crippen LogP contribution in [0.25, 0.3) is 0 Å². The number of amides is 2. The Kier molecular flexibility index (Phi) is 19.7. The molecule has 52 heavy (non-hydrogen) atoms. The molecule has 0 aliphatic carbocycles. The summed E-state index contributed by atoms with van der Waals surface area (Å²) in [6, 6.07) is 9.77. The van der Waals surface area contributed by atoms with Crippen LogP contribution in [0.2, 0.25) is 0 Å². The van der Waals surface area contributed by atoms with Crippen LogP contribution >= 0.6 is 11.8 Å². The van der Waals surface area contributed by atoms with Gasteiger partial charge in [-0.05, 0) is 76.0 Å². The third kappa shape index (κ3) is 18.9. The first-order valence-corrected chi connectivity index (χ1v) is 17.0. The fourth-order valence-electron chi connectivity index (χ4n) is 4.97. The molecule has 11 nitrogen and oxygen atoms in total. The average molecular weight is 785 g/mol. The van der Waals surface area contributed by atoms with Gasteiger partial charge in [-0.2, -0.15) is 51.3 Å². The molecule has 3 rings (SSSR count). The van der Waals surface area contributed by atoms with Crippen molar-refractivity contribution < 1.29 is 73.7 Å². The van der Waals surface area contributed by atoms with Gasteiger partial charge in [-0.15, -0.1) is 0 Å². The normalized spacial score (nSPS) is 17.9. The monoisotopic (exact) mass is 784 g/mol. The summed E-state index contributed by atoms with van der Waals surface area (Å²) >= 11 is 0.912. The number of nitrogens with zero attached hydrogens (tertiary/aromatic N) is 2. The van der Waals surface area contributed by atoms with Gasteiger partial charge < -0.3 is 25.3 Å². The van der Waals surface area contributed by atoms with Gasteiger partial charge in [0, 0.05) is 25.6 Å². The lowest BCUT2D eigenvalue weighted by Crippen LogP contribution is -2.50. The molecule has 4 N–H and O–H groups in total. The van der Waals surface area contributed by atoms with Crippen molar-refractivity contribution in [1.29, 1.82) is 0 Å². The van der Waals surface area contributed by atoms with Crippen molar-refractivity contribution in [2.75, 3.05) is 57.8 Å². The third-order valence-electron chi connectivity index (χ3n) is 7.83. The van der Waals surface area contributed by atoms with Crippen LogP contribution in [-0.4, -0.2) is 132 Å². The first-order chi connectivity index (χ1) is 24.0. The average Bonchev–Trinajstić information content (AvgIpc) is 3.52. The molecule has 0 radical (unpaired) electrons. The molecule has 21 heteroatoms. The molecular formula is C31H41F9N4O7S. The van der Waals surface area contributed by atoms with Gasteiger partial charge in [-0.1, -0.05) is 30.3 Å². The van der Waals surface area contributed by atoms with Gasteiger partial charge in [0.2, 0.25) is 17.6 Å². The lowest BCUT2D eigenvalue weighted by molar-refractivity contribution is -0.193. The van der Waals surface area contributed by atoms with E-state index in [1.54, 1.807) is 0 Å². The number of hydrogen-bond acceptors (Lipinski definition) is 9. The van der Waals surface area contributed by atoms with E-state index in [2.05, 4.69) is 32.6 Å². The third-order valence-corrected chi connectivity index (χ3v) is 8.87. The molecular weight excluding hydrogens is 743 g/mol. The number of alkyl halides is 9. The van der Waals surface area contributed by atoms with Crippen LogP contribution in [0.1, 0.15) is 43.6 Å². The first kappa shape index (κ1) is 46.6. The first-order valence-electron chi connectivity index (χ1n) is 15.8. The van der Waals surface area contributed by atoms with E-state index in [0.717, 1.165) is 50.9 Å².